The molecule has 0 aliphatic heterocycles. The molecule has 1 N–H and O–H groups in total. The number of hydrogen-bond donors (Lipinski definition) is 1. The van der Waals surface area contributed by atoms with Crippen molar-refractivity contribution in [3.63, 3.8) is 0 Å². The molecule has 2 aromatic rings. The second kappa shape index (κ2) is 5.05. The highest BCUT2D eigenvalue weighted by atomic mass is 32.2. The lowest BCUT2D eigenvalue weighted by atomic mass is 10.1. The molecule has 0 aliphatic rings. The van der Waals surface area contributed by atoms with E-state index in [9.17, 15) is 4.79 Å². The third kappa shape index (κ3) is 2.88. The molecular formula is C12H12N2O2S. The number of nitrogens with zero attached hydrogens (tertiary/aromatic N) is 2. The summed E-state index contributed by atoms with van der Waals surface area (Å²) in [6.07, 6.45) is 3.66. The van der Waals surface area contributed by atoms with Gasteiger partial charge in [0.05, 0.1) is 5.56 Å². The van der Waals surface area contributed by atoms with Gasteiger partial charge in [-0.05, 0) is 17.7 Å². The van der Waals surface area contributed by atoms with Crippen LogP contribution >= 0.6 is 11.8 Å². The molecule has 17 heavy (non-hydrogen) atoms. The number of benzene rings is 1. The Morgan fingerprint density at radius 1 is 1.41 bits per heavy atom. The zero-order valence-corrected chi connectivity index (χ0v) is 10.1. The monoisotopic (exact) mass is 248 g/mol. The van der Waals surface area contributed by atoms with E-state index in [1.807, 2.05) is 29.9 Å². The van der Waals surface area contributed by atoms with Crippen LogP contribution in [0.3, 0.4) is 0 Å². The van der Waals surface area contributed by atoms with Gasteiger partial charge in [-0.1, -0.05) is 23.9 Å². The molecule has 0 atom stereocenters. The third-order valence-corrected chi connectivity index (χ3v) is 3.48. The van der Waals surface area contributed by atoms with Crippen LogP contribution in [0, 0.1) is 0 Å². The maximum atomic E-state index is 10.7. The third-order valence-electron chi connectivity index (χ3n) is 2.35. The zero-order valence-electron chi connectivity index (χ0n) is 9.33. The summed E-state index contributed by atoms with van der Waals surface area (Å²) in [6.45, 7) is 0. The molecular weight excluding hydrogens is 236 g/mol. The van der Waals surface area contributed by atoms with E-state index >= 15 is 0 Å². The highest BCUT2D eigenvalue weighted by Crippen LogP contribution is 2.20. The molecule has 88 valence electrons. The Labute approximate surface area is 103 Å². The van der Waals surface area contributed by atoms with Gasteiger partial charge >= 0.3 is 5.97 Å². The molecule has 4 nitrogen and oxygen atoms in total. The highest BCUT2D eigenvalue weighted by Gasteiger charge is 2.03. The number of aromatic carboxylic acids is 1. The van der Waals surface area contributed by atoms with Crippen LogP contribution in [0.15, 0.2) is 41.8 Å². The molecule has 0 aliphatic carbocycles. The van der Waals surface area contributed by atoms with Crippen LogP contribution in [0.5, 0.6) is 0 Å². The average molecular weight is 248 g/mol. The molecule has 1 aromatic heterocycles. The number of carboxylic acid groups (broad SMARTS) is 1. The molecule has 2 rings (SSSR count). The number of thioether (sulfide) groups is 1. The maximum Gasteiger partial charge on any atom is 0.335 e. The number of rotatable bonds is 4. The Morgan fingerprint density at radius 3 is 2.65 bits per heavy atom. The van der Waals surface area contributed by atoms with E-state index in [0.717, 1.165) is 16.5 Å². The standard InChI is InChI=1S/C12H12N2O2S/c1-14-7-6-13-12(14)17-8-9-2-4-10(5-3-9)11(15)16/h2-7H,8H2,1H3,(H,15,16). The summed E-state index contributed by atoms with van der Waals surface area (Å²) in [5.41, 5.74) is 1.40. The Morgan fingerprint density at radius 2 is 2.12 bits per heavy atom. The van der Waals surface area contributed by atoms with E-state index in [1.165, 1.54) is 0 Å². The van der Waals surface area contributed by atoms with Crippen molar-refractivity contribution in [1.82, 2.24) is 9.55 Å². The summed E-state index contributed by atoms with van der Waals surface area (Å²) in [6, 6.07) is 6.91. The van der Waals surface area contributed by atoms with Crippen molar-refractivity contribution in [3.8, 4) is 0 Å². The van der Waals surface area contributed by atoms with E-state index in [0.29, 0.717) is 5.56 Å². The molecule has 1 heterocycles. The number of carboxylic acids is 1. The van der Waals surface area contributed by atoms with Crippen LogP contribution in [0.25, 0.3) is 0 Å². The first-order valence-corrected chi connectivity index (χ1v) is 6.08. The lowest BCUT2D eigenvalue weighted by Crippen LogP contribution is -1.96. The fraction of sp³-hybridized carbons (Fsp3) is 0.167. The quantitative estimate of drug-likeness (QED) is 0.844. The van der Waals surface area contributed by atoms with E-state index in [-0.39, 0.29) is 0 Å². The van der Waals surface area contributed by atoms with E-state index in [1.54, 1.807) is 30.1 Å². The second-order valence-electron chi connectivity index (χ2n) is 3.61. The van der Waals surface area contributed by atoms with E-state index in [4.69, 9.17) is 5.11 Å². The number of aromatic nitrogens is 2. The molecule has 0 bridgehead atoms. The van der Waals surface area contributed by atoms with Gasteiger partial charge in [-0.2, -0.15) is 0 Å². The highest BCUT2D eigenvalue weighted by molar-refractivity contribution is 7.98. The Balaban J connectivity index is 2.00. The summed E-state index contributed by atoms with van der Waals surface area (Å²) in [4.78, 5) is 14.9. The fourth-order valence-electron chi connectivity index (χ4n) is 1.38. The molecule has 0 radical (unpaired) electrons. The van der Waals surface area contributed by atoms with Gasteiger partial charge in [-0.15, -0.1) is 0 Å². The Bertz CT molecular complexity index is 520. The first-order chi connectivity index (χ1) is 8.16. The smallest absolute Gasteiger partial charge is 0.335 e. The summed E-state index contributed by atoms with van der Waals surface area (Å²) >= 11 is 1.63. The minimum absolute atomic E-state index is 0.316. The van der Waals surface area contributed by atoms with Crippen molar-refractivity contribution < 1.29 is 9.90 Å². The largest absolute Gasteiger partial charge is 0.478 e. The van der Waals surface area contributed by atoms with Crippen LogP contribution in [0.4, 0.5) is 0 Å². The number of hydrogen-bond acceptors (Lipinski definition) is 3. The number of imidazole rings is 1. The summed E-state index contributed by atoms with van der Waals surface area (Å²) < 4.78 is 1.95. The minimum atomic E-state index is -0.895. The molecule has 0 fully saturated rings. The van der Waals surface area contributed by atoms with Gasteiger partial charge < -0.3 is 9.67 Å². The minimum Gasteiger partial charge on any atom is -0.478 e. The predicted octanol–water partition coefficient (Wildman–Crippen LogP) is 2.41. The van der Waals surface area contributed by atoms with Gasteiger partial charge in [0.1, 0.15) is 0 Å². The molecule has 0 unspecified atom stereocenters. The Kier molecular flexibility index (Phi) is 3.49. The summed E-state index contributed by atoms with van der Waals surface area (Å²) in [5, 5.41) is 9.72. The van der Waals surface area contributed by atoms with Gasteiger partial charge in [0.15, 0.2) is 5.16 Å². The van der Waals surface area contributed by atoms with Gasteiger partial charge in [0.2, 0.25) is 0 Å². The van der Waals surface area contributed by atoms with Gasteiger partial charge in [0.25, 0.3) is 0 Å². The van der Waals surface area contributed by atoms with Crippen molar-refractivity contribution >= 4 is 17.7 Å². The molecule has 1 aromatic carbocycles. The fourth-order valence-corrected chi connectivity index (χ4v) is 2.27. The van der Waals surface area contributed by atoms with Crippen LogP contribution in [-0.2, 0) is 12.8 Å². The van der Waals surface area contributed by atoms with Crippen molar-refractivity contribution in [2.24, 2.45) is 7.05 Å². The number of aryl methyl sites for hydroxylation is 1. The van der Waals surface area contributed by atoms with E-state index < -0.39 is 5.97 Å². The molecule has 0 amide bonds. The first kappa shape index (κ1) is 11.7. The molecule has 0 spiro atoms. The number of carbonyl (C=O) groups is 1. The lowest BCUT2D eigenvalue weighted by Gasteiger charge is -2.02. The second-order valence-corrected chi connectivity index (χ2v) is 4.55. The molecule has 0 saturated heterocycles. The van der Waals surface area contributed by atoms with E-state index in [2.05, 4.69) is 4.98 Å². The van der Waals surface area contributed by atoms with Gasteiger partial charge in [0, 0.05) is 25.2 Å². The SMILES string of the molecule is Cn1ccnc1SCc1ccc(C(=O)O)cc1. The normalized spacial score (nSPS) is 10.4. The first-order valence-electron chi connectivity index (χ1n) is 5.09. The van der Waals surface area contributed by atoms with Crippen molar-refractivity contribution in [3.05, 3.63) is 47.8 Å². The van der Waals surface area contributed by atoms with Crippen LogP contribution in [0.1, 0.15) is 15.9 Å². The van der Waals surface area contributed by atoms with Crippen molar-refractivity contribution in [2.45, 2.75) is 10.9 Å². The van der Waals surface area contributed by atoms with Crippen LogP contribution < -0.4 is 0 Å². The van der Waals surface area contributed by atoms with Crippen molar-refractivity contribution in [2.75, 3.05) is 0 Å². The van der Waals surface area contributed by atoms with Gasteiger partial charge in [-0.25, -0.2) is 9.78 Å². The summed E-state index contributed by atoms with van der Waals surface area (Å²) in [5.74, 6) is -0.113. The summed E-state index contributed by atoms with van der Waals surface area (Å²) in [7, 11) is 1.95. The maximum absolute atomic E-state index is 10.7. The van der Waals surface area contributed by atoms with Crippen LogP contribution in [0.2, 0.25) is 0 Å². The topological polar surface area (TPSA) is 55.1 Å². The Hall–Kier alpha value is -1.75. The lowest BCUT2D eigenvalue weighted by molar-refractivity contribution is 0.0697. The zero-order chi connectivity index (χ0) is 12.3. The van der Waals surface area contributed by atoms with Gasteiger partial charge in [-0.3, -0.25) is 0 Å². The predicted molar refractivity (Wildman–Crippen MR) is 66.2 cm³/mol. The molecule has 5 heteroatoms. The average Bonchev–Trinajstić information content (AvgIpc) is 2.73. The van der Waals surface area contributed by atoms with Crippen molar-refractivity contribution in [1.29, 1.82) is 0 Å². The van der Waals surface area contributed by atoms with Crippen LogP contribution in [-0.4, -0.2) is 20.6 Å². The molecule has 0 saturated carbocycles.